The molecule has 0 amide bonds. The zero-order valence-corrected chi connectivity index (χ0v) is 21.8. The molecule has 1 saturated heterocycles. The van der Waals surface area contributed by atoms with Crippen LogP contribution in [0.15, 0.2) is 54.7 Å². The number of nitrogens with one attached hydrogen (secondary N) is 1. The minimum Gasteiger partial charge on any atom is -0.465 e. The quantitative estimate of drug-likeness (QED) is 0.374. The Morgan fingerprint density at radius 2 is 1.91 bits per heavy atom. The van der Waals surface area contributed by atoms with E-state index in [0.29, 0.717) is 5.56 Å². The molecule has 7 nitrogen and oxygen atoms in total. The molecular formula is C27H33N5O2S. The fraction of sp³-hybridized carbons (Fsp3) is 0.370. The second-order valence-corrected chi connectivity index (χ2v) is 9.56. The Bertz CT molecular complexity index is 1190. The summed E-state index contributed by atoms with van der Waals surface area (Å²) in [5.74, 6) is -0.338. The average molecular weight is 492 g/mol. The van der Waals surface area contributed by atoms with Gasteiger partial charge >= 0.3 is 5.97 Å². The Kier molecular flexibility index (Phi) is 7.52. The molecule has 2 aromatic heterocycles. The second-order valence-electron chi connectivity index (χ2n) is 9.18. The smallest absolute Gasteiger partial charge is 0.337 e. The predicted molar refractivity (Wildman–Crippen MR) is 142 cm³/mol. The number of hydrogen-bond donors (Lipinski definition) is 1. The maximum absolute atomic E-state index is 11.9. The van der Waals surface area contributed by atoms with Gasteiger partial charge in [0.2, 0.25) is 0 Å². The van der Waals surface area contributed by atoms with E-state index in [2.05, 4.69) is 64.7 Å². The summed E-state index contributed by atoms with van der Waals surface area (Å²) >= 11 is 5.82. The van der Waals surface area contributed by atoms with E-state index in [1.165, 1.54) is 12.7 Å². The number of aromatic nitrogens is 2. The number of nitrogens with zero attached hydrogens (tertiary/aromatic N) is 4. The summed E-state index contributed by atoms with van der Waals surface area (Å²) in [5, 5.41) is 4.31. The van der Waals surface area contributed by atoms with Gasteiger partial charge in [-0.3, -0.25) is 4.98 Å². The van der Waals surface area contributed by atoms with E-state index < -0.39 is 0 Å². The largest absolute Gasteiger partial charge is 0.465 e. The van der Waals surface area contributed by atoms with Crippen LogP contribution in [0.25, 0.3) is 5.69 Å². The molecule has 184 valence electrons. The lowest BCUT2D eigenvalue weighted by Crippen LogP contribution is -2.32. The van der Waals surface area contributed by atoms with Crippen LogP contribution in [0.3, 0.4) is 0 Å². The Morgan fingerprint density at radius 3 is 2.54 bits per heavy atom. The van der Waals surface area contributed by atoms with E-state index in [0.717, 1.165) is 47.4 Å². The van der Waals surface area contributed by atoms with Gasteiger partial charge in [-0.05, 0) is 101 Å². The van der Waals surface area contributed by atoms with Crippen molar-refractivity contribution < 1.29 is 9.53 Å². The normalized spacial score (nSPS) is 17.7. The van der Waals surface area contributed by atoms with E-state index in [1.807, 2.05) is 30.5 Å². The fourth-order valence-corrected chi connectivity index (χ4v) is 5.22. The van der Waals surface area contributed by atoms with Gasteiger partial charge < -0.3 is 24.4 Å². The van der Waals surface area contributed by atoms with Gasteiger partial charge in [-0.1, -0.05) is 6.07 Å². The van der Waals surface area contributed by atoms with Crippen LogP contribution in [0.2, 0.25) is 0 Å². The van der Waals surface area contributed by atoms with Crippen LogP contribution in [0.5, 0.6) is 0 Å². The lowest BCUT2D eigenvalue weighted by atomic mass is 9.96. The van der Waals surface area contributed by atoms with E-state index in [1.54, 1.807) is 12.1 Å². The molecule has 35 heavy (non-hydrogen) atoms. The van der Waals surface area contributed by atoms with Crippen LogP contribution in [-0.2, 0) is 4.74 Å². The minimum absolute atomic E-state index is 0.0221. The minimum atomic E-state index is -0.338. The molecule has 3 aromatic rings. The lowest BCUT2D eigenvalue weighted by Gasteiger charge is -2.28. The number of ether oxygens (including phenoxy) is 1. The Balaban J connectivity index is 1.74. The van der Waals surface area contributed by atoms with Gasteiger partial charge in [0, 0.05) is 29.8 Å². The van der Waals surface area contributed by atoms with Crippen molar-refractivity contribution in [3.05, 3.63) is 82.9 Å². The maximum atomic E-state index is 11.9. The summed E-state index contributed by atoms with van der Waals surface area (Å²) in [4.78, 5) is 21.0. The topological polar surface area (TPSA) is 62.6 Å². The number of thiocarbonyl (C=S) groups is 1. The molecule has 0 saturated carbocycles. The van der Waals surface area contributed by atoms with Crippen molar-refractivity contribution in [2.24, 2.45) is 0 Å². The summed E-state index contributed by atoms with van der Waals surface area (Å²) in [7, 11) is 5.58. The molecule has 8 heteroatoms. The summed E-state index contributed by atoms with van der Waals surface area (Å²) in [6, 6.07) is 15.8. The van der Waals surface area contributed by atoms with Gasteiger partial charge in [0.15, 0.2) is 5.11 Å². The molecule has 2 atom stereocenters. The van der Waals surface area contributed by atoms with Crippen molar-refractivity contribution in [2.75, 3.05) is 34.3 Å². The molecule has 1 fully saturated rings. The highest BCUT2D eigenvalue weighted by Crippen LogP contribution is 2.41. The fourth-order valence-electron chi connectivity index (χ4n) is 4.89. The van der Waals surface area contributed by atoms with Crippen molar-refractivity contribution >= 4 is 23.3 Å². The van der Waals surface area contributed by atoms with Crippen LogP contribution in [0.1, 0.15) is 51.5 Å². The third-order valence-electron chi connectivity index (χ3n) is 6.54. The number of aryl methyl sites for hydroxylation is 1. The van der Waals surface area contributed by atoms with Gasteiger partial charge in [-0.2, -0.15) is 0 Å². The van der Waals surface area contributed by atoms with Gasteiger partial charge in [0.1, 0.15) is 0 Å². The number of benzene rings is 1. The summed E-state index contributed by atoms with van der Waals surface area (Å²) < 4.78 is 7.07. The zero-order chi connectivity index (χ0) is 25.1. The summed E-state index contributed by atoms with van der Waals surface area (Å²) in [5.41, 5.74) is 5.99. The molecule has 1 aliphatic heterocycles. The first kappa shape index (κ1) is 24.9. The van der Waals surface area contributed by atoms with E-state index in [9.17, 15) is 4.79 Å². The molecule has 0 spiro atoms. The molecule has 4 rings (SSSR count). The third-order valence-corrected chi connectivity index (χ3v) is 6.89. The van der Waals surface area contributed by atoms with Gasteiger partial charge in [-0.15, -0.1) is 0 Å². The first-order valence-electron chi connectivity index (χ1n) is 11.8. The number of carbonyl (C=O) groups is 1. The highest BCUT2D eigenvalue weighted by molar-refractivity contribution is 7.80. The number of hydrogen-bond acceptors (Lipinski definition) is 5. The third kappa shape index (κ3) is 5.09. The van der Waals surface area contributed by atoms with Gasteiger partial charge in [-0.25, -0.2) is 4.79 Å². The van der Waals surface area contributed by atoms with Gasteiger partial charge in [0.05, 0.1) is 30.5 Å². The molecule has 0 unspecified atom stereocenters. The number of esters is 1. The molecule has 1 N–H and O–H groups in total. The SMILES string of the molecule is COC(=O)c1ccc(-n2c(C)cc([C@@H]3[C@@H](c4ccccn4)NC(=S)N3CCCN(C)C)c2C)cc1. The van der Waals surface area contributed by atoms with E-state index in [4.69, 9.17) is 17.0 Å². The summed E-state index contributed by atoms with van der Waals surface area (Å²) in [6.45, 7) is 6.10. The Morgan fingerprint density at radius 1 is 1.17 bits per heavy atom. The Labute approximate surface area is 212 Å². The van der Waals surface area contributed by atoms with Crippen molar-refractivity contribution in [2.45, 2.75) is 32.4 Å². The number of rotatable bonds is 8. The monoisotopic (exact) mass is 491 g/mol. The Hall–Kier alpha value is -3.23. The van der Waals surface area contributed by atoms with Gasteiger partial charge in [0.25, 0.3) is 0 Å². The van der Waals surface area contributed by atoms with Crippen LogP contribution in [0, 0.1) is 13.8 Å². The standard InChI is InChI=1S/C27H33N5O2S/c1-18-17-22(19(2)32(18)21-12-10-20(11-13-21)26(33)34-5)25-24(23-9-6-7-14-28-23)29-27(35)31(25)16-8-15-30(3)4/h6-7,9-14,17,24-25H,8,15-16H2,1-5H3,(H,29,35)/t24-,25-/m1/s1. The predicted octanol–water partition coefficient (Wildman–Crippen LogP) is 4.20. The van der Waals surface area contributed by atoms with Crippen LogP contribution < -0.4 is 5.32 Å². The first-order valence-corrected chi connectivity index (χ1v) is 12.2. The van der Waals surface area contributed by atoms with Crippen molar-refractivity contribution in [1.29, 1.82) is 0 Å². The summed E-state index contributed by atoms with van der Waals surface area (Å²) in [6.07, 6.45) is 2.84. The van der Waals surface area contributed by atoms with E-state index in [-0.39, 0.29) is 18.1 Å². The zero-order valence-electron chi connectivity index (χ0n) is 21.0. The van der Waals surface area contributed by atoms with Crippen molar-refractivity contribution in [3.63, 3.8) is 0 Å². The van der Waals surface area contributed by atoms with Crippen LogP contribution >= 0.6 is 12.2 Å². The van der Waals surface area contributed by atoms with Crippen molar-refractivity contribution in [1.82, 2.24) is 24.7 Å². The second kappa shape index (κ2) is 10.6. The number of methoxy groups -OCH3 is 1. The molecule has 0 aliphatic carbocycles. The highest BCUT2D eigenvalue weighted by atomic mass is 32.1. The number of carbonyl (C=O) groups excluding carboxylic acids is 1. The van der Waals surface area contributed by atoms with Crippen molar-refractivity contribution in [3.8, 4) is 5.69 Å². The molecule has 0 bridgehead atoms. The average Bonchev–Trinajstić information content (AvgIpc) is 3.33. The highest BCUT2D eigenvalue weighted by Gasteiger charge is 2.41. The molecule has 3 heterocycles. The lowest BCUT2D eigenvalue weighted by molar-refractivity contribution is 0.0600. The molecule has 0 radical (unpaired) electrons. The molecular weight excluding hydrogens is 458 g/mol. The molecule has 1 aliphatic rings. The first-order chi connectivity index (χ1) is 16.8. The maximum Gasteiger partial charge on any atom is 0.337 e. The number of pyridine rings is 1. The van der Waals surface area contributed by atoms with E-state index >= 15 is 0 Å². The molecule has 1 aromatic carbocycles. The van der Waals surface area contributed by atoms with Crippen LogP contribution in [-0.4, -0.2) is 64.7 Å². The van der Waals surface area contributed by atoms with Crippen LogP contribution in [0.4, 0.5) is 0 Å².